The Kier molecular flexibility index (Phi) is 3.16. The summed E-state index contributed by atoms with van der Waals surface area (Å²) in [5.74, 6) is 0. The third-order valence-electron chi connectivity index (χ3n) is 3.84. The second kappa shape index (κ2) is 5.04. The molecule has 4 heteroatoms. The fraction of sp³-hybridized carbons (Fsp3) is 0.0588. The molecule has 0 atom stereocenters. The highest BCUT2D eigenvalue weighted by molar-refractivity contribution is 9.10. The maximum Gasteiger partial charge on any atom is 0.0457 e. The highest BCUT2D eigenvalue weighted by atomic mass is 79.9. The van der Waals surface area contributed by atoms with Gasteiger partial charge in [-0.1, -0.05) is 31.9 Å². The summed E-state index contributed by atoms with van der Waals surface area (Å²) in [6.07, 6.45) is 5.12. The average molecular weight is 404 g/mol. The zero-order chi connectivity index (χ0) is 14.4. The molecular formula is C17H12Br2N2. The lowest BCUT2D eigenvalue weighted by Crippen LogP contribution is -1.85. The number of hydrogen-bond donors (Lipinski definition) is 2. The molecule has 0 saturated carbocycles. The largest absolute Gasteiger partial charge is 0.361 e. The van der Waals surface area contributed by atoms with Crippen molar-refractivity contribution in [3.05, 3.63) is 68.9 Å². The second-order valence-corrected chi connectivity index (χ2v) is 7.02. The van der Waals surface area contributed by atoms with E-state index in [1.165, 1.54) is 32.9 Å². The molecule has 2 aromatic heterocycles. The summed E-state index contributed by atoms with van der Waals surface area (Å²) in [5, 5.41) is 2.54. The zero-order valence-corrected chi connectivity index (χ0v) is 14.3. The van der Waals surface area contributed by atoms with Crippen LogP contribution in [-0.4, -0.2) is 9.97 Å². The second-order valence-electron chi connectivity index (χ2n) is 5.18. The number of hydrogen-bond acceptors (Lipinski definition) is 0. The van der Waals surface area contributed by atoms with Gasteiger partial charge in [-0.15, -0.1) is 0 Å². The van der Waals surface area contributed by atoms with Crippen molar-refractivity contribution in [2.45, 2.75) is 6.42 Å². The molecule has 0 radical (unpaired) electrons. The number of aromatic nitrogens is 2. The lowest BCUT2D eigenvalue weighted by Gasteiger charge is -2.00. The minimum atomic E-state index is 0.910. The van der Waals surface area contributed by atoms with Crippen molar-refractivity contribution >= 4 is 53.7 Å². The van der Waals surface area contributed by atoms with Crippen LogP contribution in [0.15, 0.2) is 57.7 Å². The summed E-state index contributed by atoms with van der Waals surface area (Å²) in [6.45, 7) is 0. The van der Waals surface area contributed by atoms with Crippen molar-refractivity contribution in [1.29, 1.82) is 0 Å². The van der Waals surface area contributed by atoms with Crippen LogP contribution in [-0.2, 0) is 6.42 Å². The smallest absolute Gasteiger partial charge is 0.0457 e. The van der Waals surface area contributed by atoms with Crippen LogP contribution < -0.4 is 0 Å². The Labute approximate surface area is 138 Å². The summed E-state index contributed by atoms with van der Waals surface area (Å²) < 4.78 is 2.22. The Hall–Kier alpha value is -1.52. The molecule has 2 aromatic carbocycles. The number of benzene rings is 2. The summed E-state index contributed by atoms with van der Waals surface area (Å²) >= 11 is 7.10. The summed E-state index contributed by atoms with van der Waals surface area (Å²) in [4.78, 5) is 6.69. The van der Waals surface area contributed by atoms with E-state index in [0.717, 1.165) is 15.4 Å². The molecule has 0 aliphatic rings. The van der Waals surface area contributed by atoms with Gasteiger partial charge in [-0.3, -0.25) is 0 Å². The van der Waals surface area contributed by atoms with Crippen molar-refractivity contribution < 1.29 is 0 Å². The fourth-order valence-corrected chi connectivity index (χ4v) is 3.52. The van der Waals surface area contributed by atoms with Crippen LogP contribution in [0.4, 0.5) is 0 Å². The van der Waals surface area contributed by atoms with Crippen LogP contribution in [0, 0.1) is 0 Å². The van der Waals surface area contributed by atoms with Crippen LogP contribution in [0.3, 0.4) is 0 Å². The first-order chi connectivity index (χ1) is 10.2. The van der Waals surface area contributed by atoms with Crippen LogP contribution in [0.1, 0.15) is 11.1 Å². The maximum atomic E-state index is 3.55. The van der Waals surface area contributed by atoms with Gasteiger partial charge in [0.25, 0.3) is 0 Å². The molecule has 0 amide bonds. The third-order valence-corrected chi connectivity index (χ3v) is 4.83. The Morgan fingerprint density at radius 3 is 1.67 bits per heavy atom. The molecular weight excluding hydrogens is 392 g/mol. The summed E-state index contributed by atoms with van der Waals surface area (Å²) in [7, 11) is 0. The van der Waals surface area contributed by atoms with E-state index < -0.39 is 0 Å². The van der Waals surface area contributed by atoms with E-state index in [1.807, 2.05) is 0 Å². The molecule has 0 aliphatic carbocycles. The monoisotopic (exact) mass is 402 g/mol. The molecule has 0 bridgehead atoms. The first-order valence-electron chi connectivity index (χ1n) is 6.72. The molecule has 0 fully saturated rings. The van der Waals surface area contributed by atoms with Gasteiger partial charge in [0, 0.05) is 49.6 Å². The quantitative estimate of drug-likeness (QED) is 0.426. The number of H-pyrrole nitrogens is 2. The average Bonchev–Trinajstić information content (AvgIpc) is 3.04. The van der Waals surface area contributed by atoms with E-state index in [-0.39, 0.29) is 0 Å². The molecule has 21 heavy (non-hydrogen) atoms. The van der Waals surface area contributed by atoms with Gasteiger partial charge in [0.2, 0.25) is 0 Å². The highest BCUT2D eigenvalue weighted by Gasteiger charge is 2.09. The van der Waals surface area contributed by atoms with E-state index in [0.29, 0.717) is 0 Å². The third kappa shape index (κ3) is 2.32. The lowest BCUT2D eigenvalue weighted by atomic mass is 10.0. The topological polar surface area (TPSA) is 31.6 Å². The molecule has 0 saturated heterocycles. The normalized spacial score (nSPS) is 11.5. The minimum absolute atomic E-state index is 0.910. The predicted octanol–water partition coefficient (Wildman–Crippen LogP) is 5.77. The zero-order valence-electron chi connectivity index (χ0n) is 11.1. The highest BCUT2D eigenvalue weighted by Crippen LogP contribution is 2.28. The molecule has 104 valence electrons. The van der Waals surface area contributed by atoms with Crippen LogP contribution >= 0.6 is 31.9 Å². The lowest BCUT2D eigenvalue weighted by molar-refractivity contribution is 1.22. The Morgan fingerprint density at radius 1 is 0.714 bits per heavy atom. The number of rotatable bonds is 2. The van der Waals surface area contributed by atoms with E-state index in [9.17, 15) is 0 Å². The molecule has 2 nitrogen and oxygen atoms in total. The van der Waals surface area contributed by atoms with Gasteiger partial charge >= 0.3 is 0 Å². The molecule has 2 heterocycles. The van der Waals surface area contributed by atoms with Gasteiger partial charge in [0.1, 0.15) is 0 Å². The molecule has 0 spiro atoms. The molecule has 4 aromatic rings. The van der Waals surface area contributed by atoms with E-state index in [2.05, 4.69) is 90.6 Å². The van der Waals surface area contributed by atoms with Crippen molar-refractivity contribution in [2.24, 2.45) is 0 Å². The minimum Gasteiger partial charge on any atom is -0.361 e. The predicted molar refractivity (Wildman–Crippen MR) is 94.8 cm³/mol. The van der Waals surface area contributed by atoms with Gasteiger partial charge < -0.3 is 9.97 Å². The standard InChI is InChI=1S/C17H12Br2N2/c18-12-1-3-16-14(6-12)10(8-20-16)5-11-9-21-17-4-2-13(19)7-15(11)17/h1-4,6-9,20-21H,5H2. The van der Waals surface area contributed by atoms with Crippen molar-refractivity contribution in [3.63, 3.8) is 0 Å². The first kappa shape index (κ1) is 13.2. The van der Waals surface area contributed by atoms with Crippen LogP contribution in [0.5, 0.6) is 0 Å². The summed E-state index contributed by atoms with van der Waals surface area (Å²) in [5.41, 5.74) is 4.97. The van der Waals surface area contributed by atoms with E-state index in [1.54, 1.807) is 0 Å². The van der Waals surface area contributed by atoms with Crippen molar-refractivity contribution in [3.8, 4) is 0 Å². The van der Waals surface area contributed by atoms with Gasteiger partial charge in [0.05, 0.1) is 0 Å². The van der Waals surface area contributed by atoms with Crippen LogP contribution in [0.25, 0.3) is 21.8 Å². The van der Waals surface area contributed by atoms with Crippen LogP contribution in [0.2, 0.25) is 0 Å². The van der Waals surface area contributed by atoms with E-state index in [4.69, 9.17) is 0 Å². The van der Waals surface area contributed by atoms with Gasteiger partial charge in [-0.25, -0.2) is 0 Å². The Morgan fingerprint density at radius 2 is 1.19 bits per heavy atom. The Balaban J connectivity index is 1.82. The SMILES string of the molecule is Brc1ccc2[nH]cc(Cc3c[nH]c4ccc(Br)cc34)c2c1. The van der Waals surface area contributed by atoms with Gasteiger partial charge in [-0.05, 0) is 47.5 Å². The molecule has 2 N–H and O–H groups in total. The number of nitrogens with one attached hydrogen (secondary N) is 2. The maximum absolute atomic E-state index is 3.55. The number of halogens is 2. The summed E-state index contributed by atoms with van der Waals surface area (Å²) in [6, 6.07) is 12.7. The number of fused-ring (bicyclic) bond motifs is 2. The van der Waals surface area contributed by atoms with E-state index >= 15 is 0 Å². The Bertz CT molecular complexity index is 872. The van der Waals surface area contributed by atoms with Gasteiger partial charge in [-0.2, -0.15) is 0 Å². The van der Waals surface area contributed by atoms with Crippen molar-refractivity contribution in [2.75, 3.05) is 0 Å². The number of aromatic amines is 2. The first-order valence-corrected chi connectivity index (χ1v) is 8.30. The molecule has 4 rings (SSSR count). The fourth-order valence-electron chi connectivity index (χ4n) is 2.80. The molecule has 0 aliphatic heterocycles. The van der Waals surface area contributed by atoms with Crippen molar-refractivity contribution in [1.82, 2.24) is 9.97 Å². The van der Waals surface area contributed by atoms with Gasteiger partial charge in [0.15, 0.2) is 0 Å². The molecule has 0 unspecified atom stereocenters.